The van der Waals surface area contributed by atoms with Gasteiger partial charge in [0.25, 0.3) is 0 Å². The van der Waals surface area contributed by atoms with Crippen LogP contribution in [0.4, 0.5) is 23.0 Å². The van der Waals surface area contributed by atoms with Gasteiger partial charge in [0.05, 0.1) is 31.1 Å². The molecule has 0 aliphatic carbocycles. The number of carbonyl (C=O) groups is 1. The molecule has 0 bridgehead atoms. The summed E-state index contributed by atoms with van der Waals surface area (Å²) in [5.74, 6) is 0.891. The van der Waals surface area contributed by atoms with Crippen molar-refractivity contribution in [2.75, 3.05) is 37.0 Å². The number of aliphatic hydroxyl groups excluding tert-OH is 1. The lowest BCUT2D eigenvalue weighted by atomic mass is 10.2. The largest absolute Gasteiger partial charge is 0.492 e. The maximum absolute atomic E-state index is 12.0. The Bertz CT molecular complexity index is 1350. The number of nitrogens with one attached hydrogen (secondary N) is 1. The van der Waals surface area contributed by atoms with Crippen molar-refractivity contribution >= 4 is 28.9 Å². The van der Waals surface area contributed by atoms with E-state index in [4.69, 9.17) is 4.74 Å². The number of aromatic nitrogens is 3. The highest BCUT2D eigenvalue weighted by Gasteiger charge is 2.21. The van der Waals surface area contributed by atoms with Crippen molar-refractivity contribution in [3.05, 3.63) is 90.3 Å². The Hall–Kier alpha value is -4.57. The monoisotopic (exact) mass is 528 g/mol. The van der Waals surface area contributed by atoms with Crippen molar-refractivity contribution in [1.82, 2.24) is 9.78 Å². The van der Waals surface area contributed by atoms with Gasteiger partial charge in [-0.3, -0.25) is 4.79 Å². The first-order chi connectivity index (χ1) is 19.0. The highest BCUT2D eigenvalue weighted by molar-refractivity contribution is 5.93. The van der Waals surface area contributed by atoms with E-state index >= 15 is 0 Å². The molecule has 4 rings (SSSR count). The fourth-order valence-corrected chi connectivity index (χ4v) is 4.11. The van der Waals surface area contributed by atoms with Crippen LogP contribution in [-0.4, -0.2) is 47.6 Å². The first-order valence-electron chi connectivity index (χ1n) is 12.8. The summed E-state index contributed by atoms with van der Waals surface area (Å²) < 4.78 is 9.62. The van der Waals surface area contributed by atoms with Crippen LogP contribution in [0.25, 0.3) is 0 Å². The highest BCUT2D eigenvalue weighted by atomic mass is 16.5. The van der Waals surface area contributed by atoms with E-state index in [0.717, 1.165) is 16.8 Å². The number of hydrogen-bond acceptors (Lipinski definition) is 7. The van der Waals surface area contributed by atoms with Gasteiger partial charge >= 0.3 is 5.95 Å². The molecule has 4 aromatic rings. The van der Waals surface area contributed by atoms with Gasteiger partial charge in [-0.15, -0.1) is 4.68 Å². The van der Waals surface area contributed by atoms with Gasteiger partial charge < -0.3 is 20.1 Å². The summed E-state index contributed by atoms with van der Waals surface area (Å²) in [6.45, 7) is 5.24. The quantitative estimate of drug-likeness (QED) is 0.208. The summed E-state index contributed by atoms with van der Waals surface area (Å²) in [5, 5.41) is 26.1. The topological polar surface area (TPSA) is 108 Å². The number of anilines is 2. The summed E-state index contributed by atoms with van der Waals surface area (Å²) >= 11 is 0. The van der Waals surface area contributed by atoms with Crippen LogP contribution >= 0.6 is 0 Å². The second kappa shape index (κ2) is 13.3. The van der Waals surface area contributed by atoms with Gasteiger partial charge in [-0.2, -0.15) is 0 Å². The Kier molecular flexibility index (Phi) is 9.36. The number of benzene rings is 3. The first kappa shape index (κ1) is 27.5. The average Bonchev–Trinajstić information content (AvgIpc) is 3.30. The first-order valence-corrected chi connectivity index (χ1v) is 12.8. The fraction of sp³-hybridized carbons (Fsp3) is 0.276. The molecule has 1 heterocycles. The predicted octanol–water partition coefficient (Wildman–Crippen LogP) is 4.47. The van der Waals surface area contributed by atoms with E-state index in [0.29, 0.717) is 49.3 Å². The van der Waals surface area contributed by atoms with Crippen LogP contribution in [0.1, 0.15) is 25.0 Å². The van der Waals surface area contributed by atoms with Crippen LogP contribution in [0.3, 0.4) is 0 Å². The van der Waals surface area contributed by atoms with Crippen LogP contribution in [0, 0.1) is 0 Å². The van der Waals surface area contributed by atoms with Crippen LogP contribution in [-0.2, 0) is 17.9 Å². The zero-order valence-corrected chi connectivity index (χ0v) is 22.5. The molecule has 1 aromatic heterocycles. The lowest BCUT2D eigenvalue weighted by Crippen LogP contribution is -2.32. The van der Waals surface area contributed by atoms with E-state index in [-0.39, 0.29) is 12.5 Å². The van der Waals surface area contributed by atoms with E-state index in [9.17, 15) is 9.90 Å². The third kappa shape index (κ3) is 7.26. The molecule has 0 radical (unpaired) electrons. The van der Waals surface area contributed by atoms with Gasteiger partial charge in [0.1, 0.15) is 18.0 Å². The number of likely N-dealkylation sites (N-methyl/N-ethyl adjacent to an activating group) is 1. The Labute approximate surface area is 228 Å². The number of rotatable bonds is 12. The van der Waals surface area contributed by atoms with Crippen LogP contribution in [0.5, 0.6) is 5.75 Å². The molecule has 0 saturated carbocycles. The zero-order valence-electron chi connectivity index (χ0n) is 22.5. The van der Waals surface area contributed by atoms with Gasteiger partial charge in [0, 0.05) is 31.7 Å². The van der Waals surface area contributed by atoms with Crippen molar-refractivity contribution in [2.24, 2.45) is 10.2 Å². The molecule has 0 unspecified atom stereocenters. The highest BCUT2D eigenvalue weighted by Crippen LogP contribution is 2.39. The van der Waals surface area contributed by atoms with Gasteiger partial charge in [-0.25, -0.2) is 4.57 Å². The lowest BCUT2D eigenvalue weighted by molar-refractivity contribution is -0.676. The molecule has 39 heavy (non-hydrogen) atoms. The number of amides is 1. The number of hydrogen-bond donors (Lipinski definition) is 2. The molecule has 10 heteroatoms. The maximum atomic E-state index is 12.0. The molecule has 1 amide bonds. The predicted molar refractivity (Wildman–Crippen MR) is 150 cm³/mol. The van der Waals surface area contributed by atoms with E-state index < -0.39 is 0 Å². The van der Waals surface area contributed by atoms with E-state index in [1.807, 2.05) is 84.1 Å². The van der Waals surface area contributed by atoms with E-state index in [1.165, 1.54) is 6.92 Å². The Balaban J connectivity index is 1.77. The zero-order chi connectivity index (χ0) is 27.6. The number of azo groups is 1. The second-order valence-corrected chi connectivity index (χ2v) is 8.98. The second-order valence-electron chi connectivity index (χ2n) is 8.98. The van der Waals surface area contributed by atoms with Crippen LogP contribution in [0.2, 0.25) is 0 Å². The summed E-state index contributed by atoms with van der Waals surface area (Å²) in [5.41, 5.74) is 3.83. The average molecular weight is 529 g/mol. The maximum Gasteiger partial charge on any atom is 0.404 e. The van der Waals surface area contributed by atoms with Gasteiger partial charge in [0.2, 0.25) is 12.2 Å². The van der Waals surface area contributed by atoms with Gasteiger partial charge in [0.15, 0.2) is 0 Å². The Morgan fingerprint density at radius 2 is 1.77 bits per heavy atom. The number of aliphatic hydroxyl groups is 1. The minimum absolute atomic E-state index is 0.0220. The number of ether oxygens (including phenoxy) is 1. The molecule has 0 atom stereocenters. The summed E-state index contributed by atoms with van der Waals surface area (Å²) in [6, 6.07) is 23.6. The summed E-state index contributed by atoms with van der Waals surface area (Å²) in [7, 11) is 1.85. The SMILES string of the molecule is CCOc1cc(/N=N/c2n(Cc3ccccc3)nc[n+]2Cc2ccccc2)c(NC(C)=O)cc1N(C)CCO. The smallest absolute Gasteiger partial charge is 0.404 e. The third-order valence-electron chi connectivity index (χ3n) is 5.97. The Morgan fingerprint density at radius 3 is 2.41 bits per heavy atom. The third-order valence-corrected chi connectivity index (χ3v) is 5.97. The molecular weight excluding hydrogens is 494 g/mol. The molecule has 0 saturated heterocycles. The molecule has 0 aliphatic heterocycles. The van der Waals surface area contributed by atoms with Crippen LogP contribution in [0.15, 0.2) is 89.4 Å². The van der Waals surface area contributed by atoms with E-state index in [1.54, 1.807) is 23.1 Å². The molecule has 0 aliphatic rings. The van der Waals surface area contributed by atoms with Gasteiger partial charge in [-0.1, -0.05) is 65.8 Å². The molecule has 3 aromatic carbocycles. The van der Waals surface area contributed by atoms with Crippen molar-refractivity contribution < 1.29 is 19.2 Å². The van der Waals surface area contributed by atoms with Crippen molar-refractivity contribution in [3.63, 3.8) is 0 Å². The van der Waals surface area contributed by atoms with Crippen molar-refractivity contribution in [1.29, 1.82) is 0 Å². The molecule has 202 valence electrons. The van der Waals surface area contributed by atoms with Gasteiger partial charge in [-0.05, 0) is 29.2 Å². The molecule has 0 fully saturated rings. The standard InChI is InChI=1S/C29H33N7O3/c1-4-39-28-18-26(25(31-22(2)38)17-27(28)34(3)15-16-37)32-33-29-35(19-23-11-7-5-8-12-23)21-30-36(29)20-24-13-9-6-10-14-24/h5-14,17-18,21,37H,4,15-16,19-20H2,1-3H3/p+1. The number of carbonyl (C=O) groups excluding carboxylic acids is 1. The lowest BCUT2D eigenvalue weighted by Gasteiger charge is -2.22. The summed E-state index contributed by atoms with van der Waals surface area (Å²) in [6.07, 6.45) is 1.75. The molecule has 10 nitrogen and oxygen atoms in total. The fourth-order valence-electron chi connectivity index (χ4n) is 4.11. The Morgan fingerprint density at radius 1 is 1.08 bits per heavy atom. The molecule has 0 spiro atoms. The minimum atomic E-state index is -0.236. The van der Waals surface area contributed by atoms with E-state index in [2.05, 4.69) is 20.6 Å². The minimum Gasteiger partial charge on any atom is -0.492 e. The van der Waals surface area contributed by atoms with Crippen molar-refractivity contribution in [3.8, 4) is 5.75 Å². The molecular formula is C29H34N7O3+. The summed E-state index contributed by atoms with van der Waals surface area (Å²) in [4.78, 5) is 13.9. The number of nitrogens with zero attached hydrogens (tertiary/aromatic N) is 6. The molecule has 2 N–H and O–H groups in total. The van der Waals surface area contributed by atoms with Crippen LogP contribution < -0.4 is 19.5 Å². The van der Waals surface area contributed by atoms with Crippen molar-refractivity contribution in [2.45, 2.75) is 26.9 Å². The normalized spacial score (nSPS) is 11.1.